The van der Waals surface area contributed by atoms with Gasteiger partial charge in [0.2, 0.25) is 0 Å². The largest absolute Gasteiger partial charge is 0.466 e. The van der Waals surface area contributed by atoms with Gasteiger partial charge in [-0.05, 0) is 25.5 Å². The topological polar surface area (TPSA) is 92.8 Å². The number of benzene rings is 1. The van der Waals surface area contributed by atoms with Gasteiger partial charge in [0.15, 0.2) is 6.29 Å². The minimum atomic E-state index is -1.32. The van der Waals surface area contributed by atoms with Crippen molar-refractivity contribution in [1.29, 1.82) is 0 Å². The Hall–Kier alpha value is -1.85. The fourth-order valence-electron chi connectivity index (χ4n) is 1.28. The first-order valence-corrected chi connectivity index (χ1v) is 5.72. The van der Waals surface area contributed by atoms with E-state index < -0.39 is 6.29 Å². The van der Waals surface area contributed by atoms with Crippen LogP contribution in [0.2, 0.25) is 0 Å². The van der Waals surface area contributed by atoms with Crippen LogP contribution in [0.1, 0.15) is 18.1 Å². The minimum Gasteiger partial charge on any atom is -0.466 e. The summed E-state index contributed by atoms with van der Waals surface area (Å²) >= 11 is 0. The summed E-state index contributed by atoms with van der Waals surface area (Å²) in [5, 5.41) is 17.4. The lowest BCUT2D eigenvalue weighted by atomic mass is 10.1. The van der Waals surface area contributed by atoms with Crippen LogP contribution in [0.25, 0.3) is 0 Å². The zero-order chi connectivity index (χ0) is 15.0. The second-order valence-corrected chi connectivity index (χ2v) is 4.16. The van der Waals surface area contributed by atoms with E-state index in [9.17, 15) is 4.79 Å². The first kappa shape index (κ1) is 17.2. The van der Waals surface area contributed by atoms with Gasteiger partial charge >= 0.3 is 5.97 Å². The van der Waals surface area contributed by atoms with Gasteiger partial charge in [-0.1, -0.05) is 24.3 Å². The summed E-state index contributed by atoms with van der Waals surface area (Å²) in [6, 6.07) is 5.52. The lowest BCUT2D eigenvalue weighted by Gasteiger charge is -2.07. The van der Waals surface area contributed by atoms with E-state index in [0.29, 0.717) is 11.3 Å². The molecule has 0 saturated carbocycles. The third-order valence-electron chi connectivity index (χ3n) is 2.23. The third kappa shape index (κ3) is 7.23. The van der Waals surface area contributed by atoms with Gasteiger partial charge in [0.25, 0.3) is 0 Å². The maximum absolute atomic E-state index is 10.2. The average Bonchev–Trinajstić information content (AvgIpc) is 2.33. The summed E-state index contributed by atoms with van der Waals surface area (Å²) in [4.78, 5) is 10.2. The Morgan fingerprint density at radius 2 is 2.05 bits per heavy atom. The van der Waals surface area contributed by atoms with E-state index in [0.717, 1.165) is 11.1 Å². The highest BCUT2D eigenvalue weighted by atomic mass is 16.5. The fourth-order valence-corrected chi connectivity index (χ4v) is 1.28. The molecular weight excluding hydrogens is 246 g/mol. The van der Waals surface area contributed by atoms with Crippen molar-refractivity contribution in [1.82, 2.24) is 0 Å². The molecule has 1 aromatic carbocycles. The highest BCUT2D eigenvalue weighted by Gasteiger charge is 2.03. The third-order valence-corrected chi connectivity index (χ3v) is 2.23. The molecule has 106 valence electrons. The van der Waals surface area contributed by atoms with Crippen LogP contribution >= 0.6 is 0 Å². The van der Waals surface area contributed by atoms with Crippen molar-refractivity contribution in [3.05, 3.63) is 41.5 Å². The van der Waals surface area contributed by atoms with Gasteiger partial charge in [0.1, 0.15) is 0 Å². The molecule has 0 amide bonds. The monoisotopic (exact) mass is 267 g/mol. The smallest absolute Gasteiger partial charge is 0.332 e. The number of esters is 1. The molecule has 0 atom stereocenters. The number of nitrogens with two attached hydrogens (primary N) is 1. The minimum absolute atomic E-state index is 0.188. The number of ether oxygens (including phenoxy) is 1. The molecule has 0 spiro atoms. The number of aryl methyl sites for hydroxylation is 1. The zero-order valence-electron chi connectivity index (χ0n) is 11.5. The Labute approximate surface area is 113 Å². The molecule has 0 heterocycles. The predicted molar refractivity (Wildman–Crippen MR) is 74.4 cm³/mol. The highest BCUT2D eigenvalue weighted by Crippen LogP contribution is 2.14. The van der Waals surface area contributed by atoms with Gasteiger partial charge in [-0.25, -0.2) is 4.79 Å². The van der Waals surface area contributed by atoms with Crippen molar-refractivity contribution < 1.29 is 19.7 Å². The predicted octanol–water partition coefficient (Wildman–Crippen LogP) is 1.17. The standard InChI is InChI=1S/C9H13NO2.C5H8O2/c1-6-2-3-8(10)7(4-6)5-9(11)12;1-4(2)5(6)7-3/h2-4,9,11-12H,5,10H2,1H3;1H2,2-3H3. The first-order chi connectivity index (χ1) is 8.77. The van der Waals surface area contributed by atoms with Crippen LogP contribution in [0.5, 0.6) is 0 Å². The molecule has 0 unspecified atom stereocenters. The van der Waals surface area contributed by atoms with Gasteiger partial charge in [0, 0.05) is 17.7 Å². The molecular formula is C14H21NO4. The van der Waals surface area contributed by atoms with Crippen LogP contribution in [-0.4, -0.2) is 29.6 Å². The summed E-state index contributed by atoms with van der Waals surface area (Å²) in [5.41, 5.74) is 8.51. The molecule has 0 radical (unpaired) electrons. The molecule has 0 aliphatic heterocycles. The van der Waals surface area contributed by atoms with Gasteiger partial charge in [-0.3, -0.25) is 0 Å². The maximum Gasteiger partial charge on any atom is 0.332 e. The quantitative estimate of drug-likeness (QED) is 0.331. The van der Waals surface area contributed by atoms with Crippen LogP contribution in [-0.2, 0) is 16.0 Å². The molecule has 0 aliphatic rings. The van der Waals surface area contributed by atoms with Crippen LogP contribution < -0.4 is 5.73 Å². The van der Waals surface area contributed by atoms with Gasteiger partial charge < -0.3 is 20.7 Å². The van der Waals surface area contributed by atoms with E-state index in [-0.39, 0.29) is 12.4 Å². The molecule has 0 saturated heterocycles. The molecule has 5 nitrogen and oxygen atoms in total. The van der Waals surface area contributed by atoms with E-state index >= 15 is 0 Å². The van der Waals surface area contributed by atoms with Crippen LogP contribution in [0.3, 0.4) is 0 Å². The second-order valence-electron chi connectivity index (χ2n) is 4.16. The number of carbonyl (C=O) groups is 1. The Kier molecular flexibility index (Phi) is 7.48. The van der Waals surface area contributed by atoms with E-state index in [1.54, 1.807) is 13.0 Å². The van der Waals surface area contributed by atoms with Crippen molar-refractivity contribution in [2.75, 3.05) is 12.8 Å². The number of hydrogen-bond acceptors (Lipinski definition) is 5. The van der Waals surface area contributed by atoms with Crippen LogP contribution in [0.4, 0.5) is 5.69 Å². The van der Waals surface area contributed by atoms with Crippen molar-refractivity contribution in [2.45, 2.75) is 26.6 Å². The van der Waals surface area contributed by atoms with Gasteiger partial charge in [-0.15, -0.1) is 0 Å². The molecule has 19 heavy (non-hydrogen) atoms. The molecule has 0 bridgehead atoms. The van der Waals surface area contributed by atoms with Gasteiger partial charge in [-0.2, -0.15) is 0 Å². The molecule has 5 heteroatoms. The molecule has 1 rings (SSSR count). The number of anilines is 1. The van der Waals surface area contributed by atoms with Crippen molar-refractivity contribution in [3.8, 4) is 0 Å². The Balaban J connectivity index is 0.000000399. The Bertz CT molecular complexity index is 441. The Morgan fingerprint density at radius 3 is 2.42 bits per heavy atom. The van der Waals surface area contributed by atoms with Crippen molar-refractivity contribution >= 4 is 11.7 Å². The first-order valence-electron chi connectivity index (χ1n) is 5.72. The maximum atomic E-state index is 10.2. The van der Waals surface area contributed by atoms with Crippen molar-refractivity contribution in [2.24, 2.45) is 0 Å². The van der Waals surface area contributed by atoms with Crippen LogP contribution in [0.15, 0.2) is 30.4 Å². The number of hydrogen-bond donors (Lipinski definition) is 3. The number of aliphatic hydroxyl groups is 2. The fraction of sp³-hybridized carbons (Fsp3) is 0.357. The van der Waals surface area contributed by atoms with E-state index in [1.165, 1.54) is 7.11 Å². The summed E-state index contributed by atoms with van der Waals surface area (Å²) in [5.74, 6) is -0.347. The average molecular weight is 267 g/mol. The molecule has 0 aliphatic carbocycles. The number of rotatable bonds is 3. The summed E-state index contributed by atoms with van der Waals surface area (Å²) < 4.78 is 4.27. The number of aliphatic hydroxyl groups excluding tert-OH is 1. The van der Waals surface area contributed by atoms with Crippen molar-refractivity contribution in [3.63, 3.8) is 0 Å². The zero-order valence-corrected chi connectivity index (χ0v) is 11.5. The Morgan fingerprint density at radius 1 is 1.47 bits per heavy atom. The second kappa shape index (κ2) is 8.29. The van der Waals surface area contributed by atoms with E-state index in [1.807, 2.05) is 19.1 Å². The van der Waals surface area contributed by atoms with E-state index in [4.69, 9.17) is 15.9 Å². The molecule has 0 aromatic heterocycles. The summed E-state index contributed by atoms with van der Waals surface area (Å²) in [6.45, 7) is 6.89. The summed E-state index contributed by atoms with van der Waals surface area (Å²) in [6.07, 6.45) is -1.14. The lowest BCUT2D eigenvalue weighted by molar-refractivity contribution is -0.136. The lowest BCUT2D eigenvalue weighted by Crippen LogP contribution is -2.10. The summed E-state index contributed by atoms with van der Waals surface area (Å²) in [7, 11) is 1.33. The molecule has 4 N–H and O–H groups in total. The SMILES string of the molecule is C=C(C)C(=O)OC.Cc1ccc(N)c(CC(O)O)c1. The van der Waals surface area contributed by atoms with Gasteiger partial charge in [0.05, 0.1) is 7.11 Å². The van der Waals surface area contributed by atoms with Crippen LogP contribution in [0, 0.1) is 6.92 Å². The van der Waals surface area contributed by atoms with E-state index in [2.05, 4.69) is 11.3 Å². The number of methoxy groups -OCH3 is 1. The molecule has 0 fully saturated rings. The molecule has 1 aromatic rings. The number of carbonyl (C=O) groups excluding carboxylic acids is 1. The normalized spacial score (nSPS) is 9.58. The number of nitrogen functional groups attached to an aromatic ring is 1. The highest BCUT2D eigenvalue weighted by molar-refractivity contribution is 5.86.